The molecule has 2 atom stereocenters. The summed E-state index contributed by atoms with van der Waals surface area (Å²) in [5, 5.41) is 9.39. The van der Waals surface area contributed by atoms with E-state index in [-0.39, 0.29) is 30.4 Å². The number of likely N-dealkylation sites (tertiary alicyclic amines) is 1. The largest absolute Gasteiger partial charge is 0.444 e. The average molecular weight is 273 g/mol. The molecule has 0 unspecified atom stereocenters. The topological polar surface area (TPSA) is 59.0 Å². The van der Waals surface area contributed by atoms with E-state index in [0.717, 1.165) is 0 Å². The van der Waals surface area contributed by atoms with Crippen LogP contribution in [-0.2, 0) is 9.47 Å². The first-order valence-electron chi connectivity index (χ1n) is 6.80. The van der Waals surface area contributed by atoms with Crippen LogP contribution >= 0.6 is 0 Å². The van der Waals surface area contributed by atoms with Crippen molar-refractivity contribution in [2.75, 3.05) is 13.2 Å². The molecule has 0 radical (unpaired) electrons. The number of hydrogen-bond acceptors (Lipinski definition) is 4. The van der Waals surface area contributed by atoms with Gasteiger partial charge < -0.3 is 19.5 Å². The summed E-state index contributed by atoms with van der Waals surface area (Å²) in [6, 6.07) is -0.220. The molecular weight excluding hydrogens is 246 g/mol. The maximum atomic E-state index is 12.1. The lowest BCUT2D eigenvalue weighted by atomic mass is 10.1. The number of rotatable bonds is 2. The highest BCUT2D eigenvalue weighted by atomic mass is 16.6. The molecule has 1 fully saturated rings. The zero-order chi connectivity index (χ0) is 14.8. The molecule has 5 nitrogen and oxygen atoms in total. The maximum Gasteiger partial charge on any atom is 0.410 e. The van der Waals surface area contributed by atoms with Crippen LogP contribution in [0.15, 0.2) is 0 Å². The van der Waals surface area contributed by atoms with Crippen LogP contribution in [-0.4, -0.2) is 52.6 Å². The number of carbonyl (C=O) groups excluding carboxylic acids is 1. The van der Waals surface area contributed by atoms with E-state index in [1.54, 1.807) is 4.90 Å². The summed E-state index contributed by atoms with van der Waals surface area (Å²) in [5.41, 5.74) is -0.783. The van der Waals surface area contributed by atoms with Gasteiger partial charge in [-0.3, -0.25) is 0 Å². The summed E-state index contributed by atoms with van der Waals surface area (Å²) in [5.74, 6) is 0. The number of aliphatic hydroxyl groups is 1. The van der Waals surface area contributed by atoms with Gasteiger partial charge in [0.2, 0.25) is 0 Å². The first kappa shape index (κ1) is 16.2. The van der Waals surface area contributed by atoms with Gasteiger partial charge in [0, 0.05) is 0 Å². The van der Waals surface area contributed by atoms with Crippen LogP contribution in [0.5, 0.6) is 0 Å². The standard InChI is InChI=1S/C14H27NO4/c1-13(2,3)18-11-7-10(9-16)15(8-11)12(17)19-14(4,5)6/h10-11,16H,7-9H2,1-6H3/t10-,11+/m0/s1. The summed E-state index contributed by atoms with van der Waals surface area (Å²) in [6.45, 7) is 11.8. The molecule has 112 valence electrons. The molecule has 19 heavy (non-hydrogen) atoms. The van der Waals surface area contributed by atoms with E-state index in [2.05, 4.69) is 0 Å². The Hall–Kier alpha value is -0.810. The maximum absolute atomic E-state index is 12.1. The summed E-state index contributed by atoms with van der Waals surface area (Å²) >= 11 is 0. The molecular formula is C14H27NO4. The van der Waals surface area contributed by atoms with Gasteiger partial charge in [0.15, 0.2) is 0 Å². The zero-order valence-corrected chi connectivity index (χ0v) is 12.9. The molecule has 0 aliphatic carbocycles. The van der Waals surface area contributed by atoms with Gasteiger partial charge in [0.1, 0.15) is 5.60 Å². The summed E-state index contributed by atoms with van der Waals surface area (Å²) < 4.78 is 11.2. The fourth-order valence-electron chi connectivity index (χ4n) is 2.18. The minimum absolute atomic E-state index is 0.0512. The molecule has 1 amide bonds. The third-order valence-corrected chi connectivity index (χ3v) is 2.74. The second-order valence-corrected chi connectivity index (χ2v) is 7.06. The Bertz CT molecular complexity index is 316. The molecule has 1 saturated heterocycles. The summed E-state index contributed by atoms with van der Waals surface area (Å²) in [6.07, 6.45) is 0.212. The van der Waals surface area contributed by atoms with Gasteiger partial charge in [-0.25, -0.2) is 4.79 Å². The fraction of sp³-hybridized carbons (Fsp3) is 0.929. The first-order valence-corrected chi connectivity index (χ1v) is 6.80. The number of ether oxygens (including phenoxy) is 2. The van der Waals surface area contributed by atoms with Crippen molar-refractivity contribution < 1.29 is 19.4 Å². The lowest BCUT2D eigenvalue weighted by Gasteiger charge is -2.28. The van der Waals surface area contributed by atoms with Crippen molar-refractivity contribution in [1.82, 2.24) is 4.90 Å². The minimum atomic E-state index is -0.528. The summed E-state index contributed by atoms with van der Waals surface area (Å²) in [4.78, 5) is 13.6. The van der Waals surface area contributed by atoms with E-state index in [0.29, 0.717) is 13.0 Å². The van der Waals surface area contributed by atoms with Gasteiger partial charge in [0.05, 0.1) is 30.9 Å². The quantitative estimate of drug-likeness (QED) is 0.837. The van der Waals surface area contributed by atoms with Gasteiger partial charge in [-0.1, -0.05) is 0 Å². The third-order valence-electron chi connectivity index (χ3n) is 2.74. The number of aliphatic hydroxyl groups excluding tert-OH is 1. The molecule has 0 bridgehead atoms. The number of carbonyl (C=O) groups is 1. The number of nitrogens with zero attached hydrogens (tertiary/aromatic N) is 1. The van der Waals surface area contributed by atoms with Crippen molar-refractivity contribution in [3.05, 3.63) is 0 Å². The monoisotopic (exact) mass is 273 g/mol. The fourth-order valence-corrected chi connectivity index (χ4v) is 2.18. The highest BCUT2D eigenvalue weighted by Gasteiger charge is 2.39. The third kappa shape index (κ3) is 5.37. The second kappa shape index (κ2) is 5.67. The van der Waals surface area contributed by atoms with Crippen LogP contribution in [0.2, 0.25) is 0 Å². The van der Waals surface area contributed by atoms with Crippen molar-refractivity contribution in [3.63, 3.8) is 0 Å². The Kier molecular flexibility index (Phi) is 4.85. The first-order chi connectivity index (χ1) is 8.52. The van der Waals surface area contributed by atoms with Crippen molar-refractivity contribution in [3.8, 4) is 0 Å². The van der Waals surface area contributed by atoms with Crippen LogP contribution in [0.1, 0.15) is 48.0 Å². The van der Waals surface area contributed by atoms with E-state index in [1.807, 2.05) is 41.5 Å². The van der Waals surface area contributed by atoms with Crippen molar-refractivity contribution in [2.24, 2.45) is 0 Å². The lowest BCUT2D eigenvalue weighted by molar-refractivity contribution is -0.0550. The number of hydrogen-bond donors (Lipinski definition) is 1. The van der Waals surface area contributed by atoms with Gasteiger partial charge >= 0.3 is 6.09 Å². The van der Waals surface area contributed by atoms with Crippen LogP contribution in [0.25, 0.3) is 0 Å². The molecule has 0 aromatic rings. The molecule has 1 heterocycles. The van der Waals surface area contributed by atoms with Gasteiger partial charge in [0.25, 0.3) is 0 Å². The second-order valence-electron chi connectivity index (χ2n) is 7.06. The van der Waals surface area contributed by atoms with Crippen molar-refractivity contribution >= 4 is 6.09 Å². The zero-order valence-electron chi connectivity index (χ0n) is 12.9. The molecule has 1 aliphatic heterocycles. The molecule has 1 rings (SSSR count). The minimum Gasteiger partial charge on any atom is -0.444 e. The highest BCUT2D eigenvalue weighted by Crippen LogP contribution is 2.26. The average Bonchev–Trinajstić information content (AvgIpc) is 2.55. The smallest absolute Gasteiger partial charge is 0.410 e. The molecule has 0 aromatic heterocycles. The van der Waals surface area contributed by atoms with Crippen LogP contribution in [0, 0.1) is 0 Å². The van der Waals surface area contributed by atoms with E-state index >= 15 is 0 Å². The Morgan fingerprint density at radius 2 is 1.79 bits per heavy atom. The van der Waals surface area contributed by atoms with E-state index in [4.69, 9.17) is 9.47 Å². The summed E-state index contributed by atoms with van der Waals surface area (Å²) in [7, 11) is 0. The number of amides is 1. The van der Waals surface area contributed by atoms with Crippen molar-refractivity contribution in [1.29, 1.82) is 0 Å². The van der Waals surface area contributed by atoms with E-state index in [1.165, 1.54) is 0 Å². The predicted octanol–water partition coefficient (Wildman–Crippen LogP) is 2.17. The SMILES string of the molecule is CC(C)(C)OC(=O)N1C[C@H](OC(C)(C)C)C[C@H]1CO. The Labute approximate surface area is 115 Å². The van der Waals surface area contributed by atoms with Crippen LogP contribution in [0.4, 0.5) is 4.79 Å². The van der Waals surface area contributed by atoms with Crippen molar-refractivity contribution in [2.45, 2.75) is 71.3 Å². The molecule has 1 N–H and O–H groups in total. The Morgan fingerprint density at radius 3 is 2.21 bits per heavy atom. The predicted molar refractivity (Wildman–Crippen MR) is 73.1 cm³/mol. The molecule has 0 saturated carbocycles. The van der Waals surface area contributed by atoms with Gasteiger partial charge in [-0.05, 0) is 48.0 Å². The van der Waals surface area contributed by atoms with Crippen LogP contribution < -0.4 is 0 Å². The van der Waals surface area contributed by atoms with E-state index < -0.39 is 5.60 Å². The molecule has 5 heteroatoms. The molecule has 0 aromatic carbocycles. The Balaban J connectivity index is 2.65. The molecule has 1 aliphatic rings. The molecule has 0 spiro atoms. The van der Waals surface area contributed by atoms with Crippen LogP contribution in [0.3, 0.4) is 0 Å². The lowest BCUT2D eigenvalue weighted by Crippen LogP contribution is -2.41. The van der Waals surface area contributed by atoms with E-state index in [9.17, 15) is 9.90 Å². The normalized spacial score (nSPS) is 24.7. The van der Waals surface area contributed by atoms with Gasteiger partial charge in [-0.15, -0.1) is 0 Å². The van der Waals surface area contributed by atoms with Gasteiger partial charge in [-0.2, -0.15) is 0 Å². The highest BCUT2D eigenvalue weighted by molar-refractivity contribution is 5.69. The Morgan fingerprint density at radius 1 is 1.21 bits per heavy atom.